The Balaban J connectivity index is 1.51. The zero-order chi connectivity index (χ0) is 31.5. The Morgan fingerprint density at radius 1 is 1.18 bits per heavy atom. The molecule has 2 fully saturated rings. The third-order valence-corrected chi connectivity index (χ3v) is 9.43. The van der Waals surface area contributed by atoms with Crippen LogP contribution in [0.25, 0.3) is 0 Å². The average Bonchev–Trinajstić information content (AvgIpc) is 3.73. The van der Waals surface area contributed by atoms with Crippen LogP contribution in [0, 0.1) is 21.8 Å². The van der Waals surface area contributed by atoms with Gasteiger partial charge in [-0.15, -0.1) is 0 Å². The normalized spacial score (nSPS) is 24.3. The number of amides is 1. The van der Waals surface area contributed by atoms with Crippen molar-refractivity contribution in [3.05, 3.63) is 103 Å². The lowest BCUT2D eigenvalue weighted by Gasteiger charge is -2.39. The van der Waals surface area contributed by atoms with Gasteiger partial charge in [0.1, 0.15) is 11.4 Å². The van der Waals surface area contributed by atoms with E-state index in [4.69, 9.17) is 28.9 Å². The Bertz CT molecular complexity index is 1730. The van der Waals surface area contributed by atoms with E-state index in [1.54, 1.807) is 24.3 Å². The van der Waals surface area contributed by atoms with Crippen molar-refractivity contribution in [1.82, 2.24) is 4.90 Å². The minimum absolute atomic E-state index is 0.0861. The van der Waals surface area contributed by atoms with Crippen LogP contribution in [0.1, 0.15) is 57.0 Å². The summed E-state index contributed by atoms with van der Waals surface area (Å²) in [5.74, 6) is -3.36. The molecule has 4 atom stereocenters. The maximum Gasteiger partial charge on any atom is 0.338 e. The first-order chi connectivity index (χ1) is 21.0. The van der Waals surface area contributed by atoms with Crippen LogP contribution in [0.4, 0.5) is 15.8 Å². The maximum atomic E-state index is 15.8. The highest BCUT2D eigenvalue weighted by atomic mass is 35.5. The monoisotopic (exact) mass is 640 g/mol. The lowest BCUT2D eigenvalue weighted by molar-refractivity contribution is -0.385. The molecule has 1 saturated carbocycles. The van der Waals surface area contributed by atoms with Gasteiger partial charge in [-0.2, -0.15) is 0 Å². The van der Waals surface area contributed by atoms with E-state index in [-0.39, 0.29) is 34.1 Å². The molecular weight excluding hydrogens is 614 g/mol. The van der Waals surface area contributed by atoms with Gasteiger partial charge in [0.15, 0.2) is 5.78 Å². The summed E-state index contributed by atoms with van der Waals surface area (Å²) in [6.45, 7) is 0.378. The summed E-state index contributed by atoms with van der Waals surface area (Å²) in [6.07, 6.45) is 1.48. The molecule has 1 saturated heterocycles. The van der Waals surface area contributed by atoms with Gasteiger partial charge >= 0.3 is 5.97 Å². The summed E-state index contributed by atoms with van der Waals surface area (Å²) in [5, 5.41) is 15.1. The molecule has 0 aromatic heterocycles. The number of carbonyl (C=O) groups excluding carboxylic acids is 3. The molecule has 1 amide bonds. The van der Waals surface area contributed by atoms with Crippen LogP contribution >= 0.6 is 23.2 Å². The molecule has 0 unspecified atom stereocenters. The second-order valence-corrected chi connectivity index (χ2v) is 12.2. The smallest absolute Gasteiger partial charge is 0.338 e. The van der Waals surface area contributed by atoms with Gasteiger partial charge < -0.3 is 15.8 Å². The lowest BCUT2D eigenvalue weighted by Crippen LogP contribution is -2.53. The van der Waals surface area contributed by atoms with E-state index in [2.05, 4.69) is 10.1 Å². The van der Waals surface area contributed by atoms with Crippen molar-refractivity contribution < 1.29 is 28.4 Å². The number of esters is 1. The third-order valence-electron chi connectivity index (χ3n) is 8.90. The summed E-state index contributed by atoms with van der Waals surface area (Å²) in [6, 6.07) is 11.1. The van der Waals surface area contributed by atoms with Crippen molar-refractivity contribution in [1.29, 1.82) is 0 Å². The Morgan fingerprint density at radius 3 is 2.61 bits per heavy atom. The molecule has 228 valence electrons. The van der Waals surface area contributed by atoms with Gasteiger partial charge in [0, 0.05) is 53.3 Å². The van der Waals surface area contributed by atoms with Crippen LogP contribution in [-0.4, -0.2) is 53.2 Å². The van der Waals surface area contributed by atoms with E-state index in [9.17, 15) is 24.5 Å². The minimum Gasteiger partial charge on any atom is -0.465 e. The van der Waals surface area contributed by atoms with Gasteiger partial charge in [-0.05, 0) is 54.7 Å². The third kappa shape index (κ3) is 4.75. The number of methoxy groups -OCH3 is 1. The molecular formula is C31H27Cl2FN4O6. The molecule has 0 radical (unpaired) electrons. The summed E-state index contributed by atoms with van der Waals surface area (Å²) in [5.41, 5.74) is 5.66. The Kier molecular flexibility index (Phi) is 7.69. The van der Waals surface area contributed by atoms with Crippen LogP contribution < -0.4 is 11.1 Å². The number of ether oxygens (including phenoxy) is 1. The summed E-state index contributed by atoms with van der Waals surface area (Å²) in [7, 11) is 1.14. The van der Waals surface area contributed by atoms with Crippen molar-refractivity contribution in [3.63, 3.8) is 0 Å². The maximum absolute atomic E-state index is 15.8. The minimum atomic E-state index is -1.53. The molecule has 3 aromatic carbocycles. The van der Waals surface area contributed by atoms with E-state index >= 15 is 4.39 Å². The van der Waals surface area contributed by atoms with E-state index in [1.807, 2.05) is 4.90 Å². The molecule has 1 aliphatic carbocycles. The molecule has 2 aliphatic heterocycles. The van der Waals surface area contributed by atoms with Crippen molar-refractivity contribution in [3.8, 4) is 0 Å². The van der Waals surface area contributed by atoms with Crippen LogP contribution in [0.3, 0.4) is 0 Å². The predicted molar refractivity (Wildman–Crippen MR) is 160 cm³/mol. The van der Waals surface area contributed by atoms with Crippen LogP contribution in [0.5, 0.6) is 0 Å². The molecule has 13 heteroatoms. The number of benzene rings is 3. The van der Waals surface area contributed by atoms with Crippen LogP contribution in [0.2, 0.25) is 10.0 Å². The van der Waals surface area contributed by atoms with Crippen molar-refractivity contribution in [2.24, 2.45) is 11.7 Å². The number of nitrogens with one attached hydrogen (secondary N) is 1. The van der Waals surface area contributed by atoms with Gasteiger partial charge in [0.25, 0.3) is 5.69 Å². The van der Waals surface area contributed by atoms with Gasteiger partial charge in [0.2, 0.25) is 5.91 Å². The van der Waals surface area contributed by atoms with Gasteiger partial charge in [-0.1, -0.05) is 41.4 Å². The number of Topliss-reactive ketones (excluding diaryl/α,β-unsaturated/α-hetero) is 1. The Hall–Kier alpha value is -3.90. The number of fused-ring (bicyclic) bond motifs is 2. The Labute approximate surface area is 261 Å². The summed E-state index contributed by atoms with van der Waals surface area (Å²) >= 11 is 12.5. The highest BCUT2D eigenvalue weighted by Gasteiger charge is 2.67. The molecule has 2 heterocycles. The number of nitrogens with zero attached hydrogens (tertiary/aromatic N) is 2. The van der Waals surface area contributed by atoms with E-state index in [1.165, 1.54) is 24.3 Å². The first kappa shape index (κ1) is 30.1. The topological polar surface area (TPSA) is 145 Å². The second kappa shape index (κ2) is 11.2. The van der Waals surface area contributed by atoms with E-state index in [0.717, 1.165) is 26.0 Å². The lowest BCUT2D eigenvalue weighted by atomic mass is 9.73. The molecule has 3 aliphatic rings. The number of ketones is 1. The highest BCUT2D eigenvalue weighted by Crippen LogP contribution is 2.58. The molecule has 6 rings (SSSR count). The molecule has 44 heavy (non-hydrogen) atoms. The number of likely N-dealkylation sites (tertiary alicyclic amines) is 1. The number of anilines is 1. The summed E-state index contributed by atoms with van der Waals surface area (Å²) < 4.78 is 20.5. The highest BCUT2D eigenvalue weighted by molar-refractivity contribution is 6.31. The zero-order valence-corrected chi connectivity index (χ0v) is 24.9. The van der Waals surface area contributed by atoms with Crippen molar-refractivity contribution in [2.45, 2.75) is 42.8 Å². The molecule has 1 spiro atoms. The number of rotatable bonds is 8. The number of halogens is 3. The van der Waals surface area contributed by atoms with Gasteiger partial charge in [0.05, 0.1) is 28.2 Å². The second-order valence-electron chi connectivity index (χ2n) is 11.4. The molecule has 10 nitrogen and oxygen atoms in total. The van der Waals surface area contributed by atoms with E-state index < -0.39 is 57.6 Å². The fraction of sp³-hybridized carbons (Fsp3) is 0.323. The molecule has 3 N–H and O–H groups in total. The van der Waals surface area contributed by atoms with Crippen LogP contribution in [0.15, 0.2) is 54.6 Å². The quantitative estimate of drug-likeness (QED) is 0.143. The number of nitrogens with two attached hydrogens (primary N) is 1. The number of nitro benzene ring substituents is 1. The van der Waals surface area contributed by atoms with Gasteiger partial charge in [-0.25, -0.2) is 9.18 Å². The standard InChI is InChI=1S/C31H27Cl2FN4O6/c1-44-29(40)16-7-9-18(23(11-16)38(42)43)25(39)13-24-28(35)26(19-3-2-4-21(33)27(19)34)31(37(24)14-15-5-6-15)20-10-8-17(32)12-22(20)36-30(31)41/h2-4,7-12,15,24,26,28H,5-6,13-14,35H2,1H3,(H,36,41)/t24-,26-,28+,31+/m0/s1. The largest absolute Gasteiger partial charge is 0.465 e. The van der Waals surface area contributed by atoms with Crippen molar-refractivity contribution >= 4 is 52.2 Å². The zero-order valence-electron chi connectivity index (χ0n) is 23.4. The summed E-state index contributed by atoms with van der Waals surface area (Å²) in [4.78, 5) is 53.3. The fourth-order valence-electron chi connectivity index (χ4n) is 6.80. The predicted octanol–water partition coefficient (Wildman–Crippen LogP) is 5.45. The van der Waals surface area contributed by atoms with Crippen LogP contribution in [-0.2, 0) is 15.1 Å². The first-order valence-corrected chi connectivity index (χ1v) is 14.7. The average molecular weight is 641 g/mol. The molecule has 3 aromatic rings. The Morgan fingerprint density at radius 2 is 1.93 bits per heavy atom. The SMILES string of the molecule is COC(=O)c1ccc(C(=O)C[C@H]2[C@@H](N)[C@H](c3cccc(Cl)c3F)[C@]3(C(=O)Nc4cc(Cl)ccc43)N2CC2CC2)c([N+](=O)[O-])c1. The number of hydrogen-bond donors (Lipinski definition) is 2. The first-order valence-electron chi connectivity index (χ1n) is 14.0. The molecule has 0 bridgehead atoms. The number of nitro groups is 1. The fourth-order valence-corrected chi connectivity index (χ4v) is 7.15. The van der Waals surface area contributed by atoms with Crippen molar-refractivity contribution in [2.75, 3.05) is 19.0 Å². The van der Waals surface area contributed by atoms with E-state index in [0.29, 0.717) is 22.8 Å². The number of hydrogen-bond acceptors (Lipinski definition) is 8. The number of carbonyl (C=O) groups is 3. The van der Waals surface area contributed by atoms with Gasteiger partial charge in [-0.3, -0.25) is 24.6 Å².